The van der Waals surface area contributed by atoms with Crippen molar-refractivity contribution in [2.45, 2.75) is 26.0 Å². The molecule has 2 aromatic rings. The van der Waals surface area contributed by atoms with Crippen molar-refractivity contribution in [3.05, 3.63) is 58.9 Å². The summed E-state index contributed by atoms with van der Waals surface area (Å²) in [4.78, 5) is 4.26. The number of pyridine rings is 1. The van der Waals surface area contributed by atoms with E-state index in [0.717, 1.165) is 11.3 Å². The normalized spacial score (nSPS) is 12.5. The van der Waals surface area contributed by atoms with Crippen LogP contribution in [0, 0.1) is 0 Å². The quantitative estimate of drug-likeness (QED) is 0.929. The standard InChI is InChI=1S/C15H17ClN2O/c1-10(2)19-13-8-4-3-6-11(13)14(17)15-12(16)7-5-9-18-15/h3-10,14H,17H2,1-2H3. The summed E-state index contributed by atoms with van der Waals surface area (Å²) in [5.74, 6) is 0.770. The van der Waals surface area contributed by atoms with Gasteiger partial charge in [0.05, 0.1) is 22.9 Å². The van der Waals surface area contributed by atoms with E-state index in [1.165, 1.54) is 0 Å². The third-order valence-corrected chi connectivity index (χ3v) is 3.02. The molecule has 2 N–H and O–H groups in total. The molecular weight excluding hydrogens is 260 g/mol. The number of aromatic nitrogens is 1. The summed E-state index contributed by atoms with van der Waals surface area (Å²) in [6.07, 6.45) is 1.78. The average Bonchev–Trinajstić information content (AvgIpc) is 2.38. The maximum atomic E-state index is 6.27. The summed E-state index contributed by atoms with van der Waals surface area (Å²) < 4.78 is 5.78. The van der Waals surface area contributed by atoms with Gasteiger partial charge >= 0.3 is 0 Å². The molecule has 0 radical (unpaired) electrons. The van der Waals surface area contributed by atoms with Crippen molar-refractivity contribution in [3.63, 3.8) is 0 Å². The van der Waals surface area contributed by atoms with Gasteiger partial charge in [-0.2, -0.15) is 0 Å². The lowest BCUT2D eigenvalue weighted by molar-refractivity contribution is 0.239. The molecule has 100 valence electrons. The number of nitrogens with two attached hydrogens (primary N) is 1. The largest absolute Gasteiger partial charge is 0.491 e. The van der Waals surface area contributed by atoms with Crippen LogP contribution in [0.4, 0.5) is 0 Å². The maximum absolute atomic E-state index is 6.27. The minimum Gasteiger partial charge on any atom is -0.491 e. The molecule has 0 saturated heterocycles. The Labute approximate surface area is 118 Å². The van der Waals surface area contributed by atoms with E-state index in [1.54, 1.807) is 18.3 Å². The molecule has 0 amide bonds. The van der Waals surface area contributed by atoms with Crippen molar-refractivity contribution >= 4 is 11.6 Å². The van der Waals surface area contributed by atoms with Crippen LogP contribution < -0.4 is 10.5 Å². The molecule has 1 heterocycles. The van der Waals surface area contributed by atoms with Gasteiger partial charge in [0.1, 0.15) is 5.75 Å². The van der Waals surface area contributed by atoms with Gasteiger partial charge in [-0.05, 0) is 32.0 Å². The van der Waals surface area contributed by atoms with Crippen molar-refractivity contribution in [3.8, 4) is 5.75 Å². The summed E-state index contributed by atoms with van der Waals surface area (Å²) >= 11 is 6.14. The molecular formula is C15H17ClN2O. The molecule has 0 aliphatic rings. The first-order chi connectivity index (χ1) is 9.09. The van der Waals surface area contributed by atoms with Gasteiger partial charge in [-0.1, -0.05) is 29.8 Å². The second-order valence-corrected chi connectivity index (χ2v) is 4.96. The van der Waals surface area contributed by atoms with Crippen LogP contribution in [0.3, 0.4) is 0 Å². The Morgan fingerprint density at radius 1 is 1.16 bits per heavy atom. The molecule has 1 atom stereocenters. The van der Waals surface area contributed by atoms with E-state index < -0.39 is 6.04 Å². The fourth-order valence-electron chi connectivity index (χ4n) is 1.87. The van der Waals surface area contributed by atoms with E-state index in [9.17, 15) is 0 Å². The fraction of sp³-hybridized carbons (Fsp3) is 0.267. The number of para-hydroxylation sites is 1. The van der Waals surface area contributed by atoms with E-state index in [-0.39, 0.29) is 6.10 Å². The Morgan fingerprint density at radius 3 is 2.58 bits per heavy atom. The molecule has 4 heteroatoms. The third-order valence-electron chi connectivity index (χ3n) is 2.70. The molecule has 1 aromatic heterocycles. The molecule has 1 unspecified atom stereocenters. The Kier molecular flexibility index (Phi) is 4.40. The molecule has 0 saturated carbocycles. The summed E-state index contributed by atoms with van der Waals surface area (Å²) in [6.45, 7) is 3.96. The molecule has 3 nitrogen and oxygen atoms in total. The van der Waals surface area contributed by atoms with Gasteiger partial charge in [-0.15, -0.1) is 0 Å². The molecule has 0 spiro atoms. The number of halogens is 1. The van der Waals surface area contributed by atoms with Gasteiger partial charge in [-0.3, -0.25) is 4.98 Å². The lowest BCUT2D eigenvalue weighted by Crippen LogP contribution is -2.17. The Bertz CT molecular complexity index is 557. The lowest BCUT2D eigenvalue weighted by Gasteiger charge is -2.19. The molecule has 0 fully saturated rings. The zero-order chi connectivity index (χ0) is 13.8. The first-order valence-electron chi connectivity index (χ1n) is 6.21. The average molecular weight is 277 g/mol. The van der Waals surface area contributed by atoms with Gasteiger partial charge in [0.25, 0.3) is 0 Å². The van der Waals surface area contributed by atoms with Crippen LogP contribution in [0.2, 0.25) is 5.02 Å². The van der Waals surface area contributed by atoms with Crippen LogP contribution in [0.5, 0.6) is 5.75 Å². The van der Waals surface area contributed by atoms with Crippen LogP contribution in [-0.4, -0.2) is 11.1 Å². The number of nitrogens with zero attached hydrogens (tertiary/aromatic N) is 1. The topological polar surface area (TPSA) is 48.1 Å². The number of hydrogen-bond acceptors (Lipinski definition) is 3. The van der Waals surface area contributed by atoms with E-state index >= 15 is 0 Å². The first-order valence-corrected chi connectivity index (χ1v) is 6.59. The molecule has 0 aliphatic carbocycles. The minimum atomic E-state index is -0.399. The summed E-state index contributed by atoms with van der Waals surface area (Å²) in [5, 5.41) is 0.564. The second kappa shape index (κ2) is 6.04. The molecule has 2 rings (SSSR count). The first kappa shape index (κ1) is 13.8. The predicted octanol–water partition coefficient (Wildman–Crippen LogP) is 3.57. The van der Waals surface area contributed by atoms with Crippen LogP contribution in [0.15, 0.2) is 42.6 Å². The molecule has 1 aromatic carbocycles. The Morgan fingerprint density at radius 2 is 1.89 bits per heavy atom. The second-order valence-electron chi connectivity index (χ2n) is 4.55. The summed E-state index contributed by atoms with van der Waals surface area (Å²) in [7, 11) is 0. The monoisotopic (exact) mass is 276 g/mol. The minimum absolute atomic E-state index is 0.0903. The lowest BCUT2D eigenvalue weighted by atomic mass is 10.0. The summed E-state index contributed by atoms with van der Waals surface area (Å²) in [6, 6.07) is 10.9. The number of hydrogen-bond donors (Lipinski definition) is 1. The van der Waals surface area contributed by atoms with Crippen molar-refractivity contribution < 1.29 is 4.74 Å². The molecule has 0 aliphatic heterocycles. The smallest absolute Gasteiger partial charge is 0.124 e. The van der Waals surface area contributed by atoms with E-state index in [0.29, 0.717) is 10.7 Å². The maximum Gasteiger partial charge on any atom is 0.124 e. The Hall–Kier alpha value is -1.58. The zero-order valence-corrected chi connectivity index (χ0v) is 11.8. The van der Waals surface area contributed by atoms with Gasteiger partial charge in [0, 0.05) is 11.8 Å². The highest BCUT2D eigenvalue weighted by molar-refractivity contribution is 6.31. The van der Waals surface area contributed by atoms with Crippen molar-refractivity contribution in [2.75, 3.05) is 0 Å². The highest BCUT2D eigenvalue weighted by Gasteiger charge is 2.18. The molecule has 19 heavy (non-hydrogen) atoms. The SMILES string of the molecule is CC(C)Oc1ccccc1C(N)c1ncccc1Cl. The van der Waals surface area contributed by atoms with Crippen molar-refractivity contribution in [1.29, 1.82) is 0 Å². The van der Waals surface area contributed by atoms with Crippen molar-refractivity contribution in [2.24, 2.45) is 5.73 Å². The zero-order valence-electron chi connectivity index (χ0n) is 11.0. The van der Waals surface area contributed by atoms with Gasteiger partial charge < -0.3 is 10.5 Å². The predicted molar refractivity (Wildman–Crippen MR) is 77.5 cm³/mol. The van der Waals surface area contributed by atoms with Gasteiger partial charge in [0.15, 0.2) is 0 Å². The van der Waals surface area contributed by atoms with Gasteiger partial charge in [-0.25, -0.2) is 0 Å². The highest BCUT2D eigenvalue weighted by Crippen LogP contribution is 2.30. The fourth-order valence-corrected chi connectivity index (χ4v) is 2.11. The van der Waals surface area contributed by atoms with Crippen LogP contribution in [0.1, 0.15) is 31.1 Å². The summed E-state index contributed by atoms with van der Waals surface area (Å²) in [5.41, 5.74) is 7.81. The third kappa shape index (κ3) is 3.25. The van der Waals surface area contributed by atoms with Crippen LogP contribution >= 0.6 is 11.6 Å². The number of benzene rings is 1. The number of rotatable bonds is 4. The molecule has 0 bridgehead atoms. The Balaban J connectivity index is 2.39. The van der Waals surface area contributed by atoms with Crippen molar-refractivity contribution in [1.82, 2.24) is 4.98 Å². The van der Waals surface area contributed by atoms with E-state index in [1.807, 2.05) is 38.1 Å². The van der Waals surface area contributed by atoms with E-state index in [4.69, 9.17) is 22.1 Å². The number of ether oxygens (including phenoxy) is 1. The van der Waals surface area contributed by atoms with Crippen LogP contribution in [-0.2, 0) is 0 Å². The van der Waals surface area contributed by atoms with E-state index in [2.05, 4.69) is 4.98 Å². The van der Waals surface area contributed by atoms with Crippen LogP contribution in [0.25, 0.3) is 0 Å². The van der Waals surface area contributed by atoms with Gasteiger partial charge in [0.2, 0.25) is 0 Å². The highest BCUT2D eigenvalue weighted by atomic mass is 35.5.